The number of imide groups is 1. The molecule has 1 aliphatic heterocycles. The number of hydrogen-bond donors (Lipinski definition) is 2. The summed E-state index contributed by atoms with van der Waals surface area (Å²) in [6.45, 7) is 3.50. The van der Waals surface area contributed by atoms with Gasteiger partial charge in [-0.15, -0.1) is 0 Å². The summed E-state index contributed by atoms with van der Waals surface area (Å²) >= 11 is 0. The van der Waals surface area contributed by atoms with Crippen LogP contribution in [-0.4, -0.2) is 45.9 Å². The van der Waals surface area contributed by atoms with Gasteiger partial charge in [-0.2, -0.15) is 5.10 Å². The molecule has 2 N–H and O–H groups in total. The van der Waals surface area contributed by atoms with Gasteiger partial charge in [-0.05, 0) is 13.8 Å². The van der Waals surface area contributed by atoms with E-state index in [1.54, 1.807) is 6.92 Å². The summed E-state index contributed by atoms with van der Waals surface area (Å²) in [7, 11) is 0. The van der Waals surface area contributed by atoms with Gasteiger partial charge in [-0.3, -0.25) is 24.8 Å². The highest BCUT2D eigenvalue weighted by Gasteiger charge is 2.27. The smallest absolute Gasteiger partial charge is 0.246 e. The summed E-state index contributed by atoms with van der Waals surface area (Å²) in [5.74, 6) is -1.13. The molecule has 1 fully saturated rings. The monoisotopic (exact) mass is 250 g/mol. The van der Waals surface area contributed by atoms with Crippen molar-refractivity contribution in [3.05, 3.63) is 17.0 Å². The highest BCUT2D eigenvalue weighted by molar-refractivity contribution is 6.02. The SMILES string of the molecule is Cc1n[nH]c(C)c1CC(=O)N1CC(=O)NC(=O)C1. The topological polar surface area (TPSA) is 95.2 Å². The lowest BCUT2D eigenvalue weighted by molar-refractivity contribution is -0.145. The number of nitrogens with one attached hydrogen (secondary N) is 2. The summed E-state index contributed by atoms with van der Waals surface area (Å²) in [5, 5.41) is 8.95. The minimum absolute atomic E-state index is 0.0689. The van der Waals surface area contributed by atoms with Crippen LogP contribution in [0.4, 0.5) is 0 Å². The van der Waals surface area contributed by atoms with E-state index in [0.717, 1.165) is 17.0 Å². The Morgan fingerprint density at radius 3 is 2.39 bits per heavy atom. The largest absolute Gasteiger partial charge is 0.324 e. The zero-order valence-corrected chi connectivity index (χ0v) is 10.2. The lowest BCUT2D eigenvalue weighted by Crippen LogP contribution is -2.53. The van der Waals surface area contributed by atoms with Gasteiger partial charge in [0.1, 0.15) is 13.1 Å². The molecule has 0 unspecified atom stereocenters. The van der Waals surface area contributed by atoms with Crippen molar-refractivity contribution < 1.29 is 14.4 Å². The van der Waals surface area contributed by atoms with Crippen LogP contribution in [0.2, 0.25) is 0 Å². The van der Waals surface area contributed by atoms with Crippen LogP contribution in [0.15, 0.2) is 0 Å². The van der Waals surface area contributed by atoms with Gasteiger partial charge in [-0.1, -0.05) is 0 Å². The fourth-order valence-electron chi connectivity index (χ4n) is 1.91. The quantitative estimate of drug-likeness (QED) is 0.662. The van der Waals surface area contributed by atoms with Crippen molar-refractivity contribution in [2.75, 3.05) is 13.1 Å². The molecule has 7 heteroatoms. The third kappa shape index (κ3) is 2.39. The minimum atomic E-state index is -0.444. The molecule has 0 spiro atoms. The number of hydrogen-bond acceptors (Lipinski definition) is 4. The molecule has 0 atom stereocenters. The molecule has 0 aromatic carbocycles. The number of piperazine rings is 1. The Bertz CT molecular complexity index is 485. The van der Waals surface area contributed by atoms with Gasteiger partial charge in [0.15, 0.2) is 0 Å². The summed E-state index contributed by atoms with van der Waals surface area (Å²) in [6.07, 6.45) is 0.148. The number of aromatic amines is 1. The maximum atomic E-state index is 12.0. The summed E-state index contributed by atoms with van der Waals surface area (Å²) < 4.78 is 0. The number of aryl methyl sites for hydroxylation is 2. The molecule has 7 nitrogen and oxygen atoms in total. The van der Waals surface area contributed by atoms with E-state index in [4.69, 9.17) is 0 Å². The van der Waals surface area contributed by atoms with Crippen LogP contribution in [0.1, 0.15) is 17.0 Å². The molecular formula is C11H14N4O3. The van der Waals surface area contributed by atoms with Crippen LogP contribution in [0.25, 0.3) is 0 Å². The first kappa shape index (κ1) is 12.3. The second-order valence-corrected chi connectivity index (χ2v) is 4.31. The van der Waals surface area contributed by atoms with Crippen LogP contribution < -0.4 is 5.32 Å². The lowest BCUT2D eigenvalue weighted by Gasteiger charge is -2.25. The number of amides is 3. The molecule has 1 aliphatic rings. The van der Waals surface area contributed by atoms with Crippen molar-refractivity contribution in [2.24, 2.45) is 0 Å². The maximum Gasteiger partial charge on any atom is 0.246 e. The third-order valence-corrected chi connectivity index (χ3v) is 2.91. The average Bonchev–Trinajstić information content (AvgIpc) is 2.59. The molecular weight excluding hydrogens is 236 g/mol. The molecule has 1 aromatic heterocycles. The Hall–Kier alpha value is -2.18. The van der Waals surface area contributed by atoms with Crippen molar-refractivity contribution in [3.63, 3.8) is 0 Å². The number of carbonyl (C=O) groups excluding carboxylic acids is 3. The molecule has 96 valence electrons. The molecule has 0 aliphatic carbocycles. The van der Waals surface area contributed by atoms with Gasteiger partial charge < -0.3 is 4.90 Å². The molecule has 1 saturated heterocycles. The Morgan fingerprint density at radius 2 is 1.89 bits per heavy atom. The van der Waals surface area contributed by atoms with Crippen molar-refractivity contribution >= 4 is 17.7 Å². The highest BCUT2D eigenvalue weighted by Crippen LogP contribution is 2.12. The Balaban J connectivity index is 2.08. The molecule has 0 radical (unpaired) electrons. The third-order valence-electron chi connectivity index (χ3n) is 2.91. The van der Waals surface area contributed by atoms with Crippen molar-refractivity contribution in [2.45, 2.75) is 20.3 Å². The number of nitrogens with zero attached hydrogens (tertiary/aromatic N) is 2. The van der Waals surface area contributed by atoms with Crippen molar-refractivity contribution in [1.29, 1.82) is 0 Å². The molecule has 2 heterocycles. The fourth-order valence-corrected chi connectivity index (χ4v) is 1.91. The Kier molecular flexibility index (Phi) is 3.14. The van der Waals surface area contributed by atoms with Crippen molar-refractivity contribution in [3.8, 4) is 0 Å². The van der Waals surface area contributed by atoms with Crippen LogP contribution in [0, 0.1) is 13.8 Å². The molecule has 1 aromatic rings. The maximum absolute atomic E-state index is 12.0. The van der Waals surface area contributed by atoms with Crippen LogP contribution >= 0.6 is 0 Å². The van der Waals surface area contributed by atoms with Crippen LogP contribution in [0.5, 0.6) is 0 Å². The van der Waals surface area contributed by atoms with E-state index in [0.29, 0.717) is 0 Å². The molecule has 0 saturated carbocycles. The van der Waals surface area contributed by atoms with E-state index >= 15 is 0 Å². The van der Waals surface area contributed by atoms with Crippen LogP contribution in [-0.2, 0) is 20.8 Å². The fraction of sp³-hybridized carbons (Fsp3) is 0.455. The number of rotatable bonds is 2. The van der Waals surface area contributed by atoms with E-state index in [2.05, 4.69) is 15.5 Å². The first-order valence-corrected chi connectivity index (χ1v) is 5.58. The predicted molar refractivity (Wildman–Crippen MR) is 61.5 cm³/mol. The second-order valence-electron chi connectivity index (χ2n) is 4.31. The van der Waals surface area contributed by atoms with E-state index in [9.17, 15) is 14.4 Å². The van der Waals surface area contributed by atoms with Crippen LogP contribution in [0.3, 0.4) is 0 Å². The van der Waals surface area contributed by atoms with E-state index in [-0.39, 0.29) is 25.4 Å². The standard InChI is InChI=1S/C11H14N4O3/c1-6-8(7(2)14-13-6)3-11(18)15-4-9(16)12-10(17)5-15/h3-5H2,1-2H3,(H,13,14)(H,12,16,17). The molecule has 0 bridgehead atoms. The van der Waals surface area contributed by atoms with E-state index in [1.807, 2.05) is 6.92 Å². The first-order chi connectivity index (χ1) is 8.47. The van der Waals surface area contributed by atoms with Gasteiger partial charge >= 0.3 is 0 Å². The molecule has 3 amide bonds. The molecule has 18 heavy (non-hydrogen) atoms. The zero-order chi connectivity index (χ0) is 13.3. The zero-order valence-electron chi connectivity index (χ0n) is 10.2. The van der Waals surface area contributed by atoms with Gasteiger partial charge in [0.05, 0.1) is 12.1 Å². The normalized spacial score (nSPS) is 15.8. The highest BCUT2D eigenvalue weighted by atomic mass is 16.2. The number of aromatic nitrogens is 2. The van der Waals surface area contributed by atoms with Gasteiger partial charge in [-0.25, -0.2) is 0 Å². The van der Waals surface area contributed by atoms with E-state index in [1.165, 1.54) is 4.90 Å². The average molecular weight is 250 g/mol. The summed E-state index contributed by atoms with van der Waals surface area (Å²) in [6, 6.07) is 0. The summed E-state index contributed by atoms with van der Waals surface area (Å²) in [5.41, 5.74) is 2.40. The Morgan fingerprint density at radius 1 is 1.28 bits per heavy atom. The van der Waals surface area contributed by atoms with Gasteiger partial charge in [0.2, 0.25) is 17.7 Å². The van der Waals surface area contributed by atoms with E-state index < -0.39 is 11.8 Å². The lowest BCUT2D eigenvalue weighted by atomic mass is 10.1. The Labute approximate surface area is 104 Å². The van der Waals surface area contributed by atoms with Gasteiger partial charge in [0, 0.05) is 11.3 Å². The summed E-state index contributed by atoms with van der Waals surface area (Å²) in [4.78, 5) is 35.6. The van der Waals surface area contributed by atoms with Gasteiger partial charge in [0.25, 0.3) is 0 Å². The minimum Gasteiger partial charge on any atom is -0.324 e. The van der Waals surface area contributed by atoms with Crippen molar-refractivity contribution in [1.82, 2.24) is 20.4 Å². The number of carbonyl (C=O) groups is 3. The predicted octanol–water partition coefficient (Wildman–Crippen LogP) is -0.946. The second kappa shape index (κ2) is 4.59. The first-order valence-electron chi connectivity index (χ1n) is 5.58. The molecule has 2 rings (SSSR count). The number of H-pyrrole nitrogens is 1.